The first-order chi connectivity index (χ1) is 19.2. The topological polar surface area (TPSA) is 35.2 Å². The number of ether oxygens (including phenoxy) is 1. The number of para-hydroxylation sites is 1. The standard InChI is InChI=1S/C37H25NO/c38-28-20-17-25(18-21-28)24-13-15-26(16-14-24)27-19-22-36-34(23-27)37(33-11-5-6-12-35(33)39-36)31-9-3-1-7-29(31)30-8-2-4-10-32(30)37/h1-23H,38H2. The van der Waals surface area contributed by atoms with Gasteiger partial charge in [0.2, 0.25) is 0 Å². The van der Waals surface area contributed by atoms with Gasteiger partial charge in [0, 0.05) is 16.8 Å². The molecule has 0 radical (unpaired) electrons. The molecule has 0 bridgehead atoms. The first-order valence-electron chi connectivity index (χ1n) is 13.3. The molecule has 0 fully saturated rings. The molecule has 0 saturated carbocycles. The Morgan fingerprint density at radius 2 is 0.872 bits per heavy atom. The molecule has 6 aromatic carbocycles. The highest BCUT2D eigenvalue weighted by molar-refractivity contribution is 5.89. The lowest BCUT2D eigenvalue weighted by atomic mass is 9.66. The first-order valence-corrected chi connectivity index (χ1v) is 13.3. The molecule has 0 atom stereocenters. The molecule has 1 spiro atoms. The van der Waals surface area contributed by atoms with E-state index >= 15 is 0 Å². The molecular weight excluding hydrogens is 474 g/mol. The van der Waals surface area contributed by atoms with Crippen LogP contribution in [0, 0.1) is 0 Å². The second-order valence-electron chi connectivity index (χ2n) is 10.3. The summed E-state index contributed by atoms with van der Waals surface area (Å²) >= 11 is 0. The van der Waals surface area contributed by atoms with Gasteiger partial charge in [0.15, 0.2) is 0 Å². The van der Waals surface area contributed by atoms with Crippen molar-refractivity contribution in [2.75, 3.05) is 5.73 Å². The van der Waals surface area contributed by atoms with Crippen LogP contribution in [0.2, 0.25) is 0 Å². The minimum absolute atomic E-state index is 0.447. The Morgan fingerprint density at radius 1 is 0.410 bits per heavy atom. The van der Waals surface area contributed by atoms with Gasteiger partial charge in [0.1, 0.15) is 11.5 Å². The predicted octanol–water partition coefficient (Wildman–Crippen LogP) is 9.07. The number of fused-ring (bicyclic) bond motifs is 9. The molecule has 0 saturated heterocycles. The highest BCUT2D eigenvalue weighted by Gasteiger charge is 2.50. The van der Waals surface area contributed by atoms with Gasteiger partial charge in [-0.2, -0.15) is 0 Å². The van der Waals surface area contributed by atoms with E-state index in [4.69, 9.17) is 10.5 Å². The van der Waals surface area contributed by atoms with Crippen LogP contribution < -0.4 is 10.5 Å². The Labute approximate surface area is 228 Å². The first kappa shape index (κ1) is 22.0. The minimum atomic E-state index is -0.447. The van der Waals surface area contributed by atoms with E-state index in [1.807, 2.05) is 12.1 Å². The molecule has 2 aliphatic rings. The summed E-state index contributed by atoms with van der Waals surface area (Å²) in [7, 11) is 0. The highest BCUT2D eigenvalue weighted by atomic mass is 16.5. The lowest BCUT2D eigenvalue weighted by Crippen LogP contribution is -2.32. The number of nitrogen functional groups attached to an aromatic ring is 1. The van der Waals surface area contributed by atoms with Gasteiger partial charge in [0.05, 0.1) is 5.41 Å². The number of rotatable bonds is 2. The lowest BCUT2D eigenvalue weighted by molar-refractivity contribution is 0.436. The number of anilines is 1. The van der Waals surface area contributed by atoms with E-state index in [1.165, 1.54) is 50.1 Å². The Balaban J connectivity index is 1.35. The molecule has 0 unspecified atom stereocenters. The fourth-order valence-corrected chi connectivity index (χ4v) is 6.57. The van der Waals surface area contributed by atoms with E-state index in [1.54, 1.807) is 0 Å². The van der Waals surface area contributed by atoms with Crippen molar-refractivity contribution in [2.24, 2.45) is 0 Å². The zero-order chi connectivity index (χ0) is 26.0. The fourth-order valence-electron chi connectivity index (χ4n) is 6.57. The molecule has 184 valence electrons. The predicted molar refractivity (Wildman–Crippen MR) is 159 cm³/mol. The van der Waals surface area contributed by atoms with Crippen molar-refractivity contribution in [1.82, 2.24) is 0 Å². The Bertz CT molecular complexity index is 1840. The summed E-state index contributed by atoms with van der Waals surface area (Å²) in [6, 6.07) is 49.6. The molecule has 2 heteroatoms. The molecule has 2 nitrogen and oxygen atoms in total. The van der Waals surface area contributed by atoms with E-state index in [-0.39, 0.29) is 0 Å². The van der Waals surface area contributed by atoms with Crippen molar-refractivity contribution >= 4 is 5.69 Å². The summed E-state index contributed by atoms with van der Waals surface area (Å²) in [6.45, 7) is 0. The summed E-state index contributed by atoms with van der Waals surface area (Å²) in [6.07, 6.45) is 0. The van der Waals surface area contributed by atoms with Gasteiger partial charge < -0.3 is 10.5 Å². The fraction of sp³-hybridized carbons (Fsp3) is 0.0270. The zero-order valence-corrected chi connectivity index (χ0v) is 21.3. The van der Waals surface area contributed by atoms with Crippen LogP contribution in [0.3, 0.4) is 0 Å². The smallest absolute Gasteiger partial charge is 0.132 e. The highest BCUT2D eigenvalue weighted by Crippen LogP contribution is 2.62. The monoisotopic (exact) mass is 499 g/mol. The SMILES string of the molecule is Nc1ccc(-c2ccc(-c3ccc4c(c3)C3(c5ccccc5O4)c4ccccc4-c4ccccc43)cc2)cc1. The summed E-state index contributed by atoms with van der Waals surface area (Å²) in [5.74, 6) is 1.82. The zero-order valence-electron chi connectivity index (χ0n) is 21.3. The maximum absolute atomic E-state index is 6.56. The largest absolute Gasteiger partial charge is 0.457 e. The van der Waals surface area contributed by atoms with Crippen molar-refractivity contribution in [3.05, 3.63) is 162 Å². The summed E-state index contributed by atoms with van der Waals surface area (Å²) in [5, 5.41) is 0. The van der Waals surface area contributed by atoms with Gasteiger partial charge in [-0.15, -0.1) is 0 Å². The molecule has 0 aromatic heterocycles. The molecule has 6 aromatic rings. The van der Waals surface area contributed by atoms with Crippen LogP contribution in [0.5, 0.6) is 11.5 Å². The Hall–Kier alpha value is -5.08. The van der Waals surface area contributed by atoms with Crippen LogP contribution in [0.15, 0.2) is 140 Å². The van der Waals surface area contributed by atoms with Crippen LogP contribution >= 0.6 is 0 Å². The summed E-state index contributed by atoms with van der Waals surface area (Å²) in [5.41, 5.74) is 18.4. The van der Waals surface area contributed by atoms with E-state index in [2.05, 4.69) is 127 Å². The summed E-state index contributed by atoms with van der Waals surface area (Å²) in [4.78, 5) is 0. The van der Waals surface area contributed by atoms with Gasteiger partial charge in [-0.05, 0) is 74.8 Å². The van der Waals surface area contributed by atoms with Gasteiger partial charge in [-0.3, -0.25) is 0 Å². The molecule has 1 heterocycles. The van der Waals surface area contributed by atoms with Gasteiger partial charge >= 0.3 is 0 Å². The number of nitrogens with two attached hydrogens (primary N) is 1. The Morgan fingerprint density at radius 3 is 1.51 bits per heavy atom. The average Bonchev–Trinajstić information content (AvgIpc) is 3.29. The van der Waals surface area contributed by atoms with Crippen molar-refractivity contribution in [1.29, 1.82) is 0 Å². The second-order valence-corrected chi connectivity index (χ2v) is 10.3. The molecular formula is C37H25NO. The number of hydrogen-bond acceptors (Lipinski definition) is 2. The normalized spacial score (nSPS) is 13.6. The van der Waals surface area contributed by atoms with Crippen LogP contribution in [-0.4, -0.2) is 0 Å². The number of benzene rings is 6. The number of hydrogen-bond donors (Lipinski definition) is 1. The van der Waals surface area contributed by atoms with Crippen LogP contribution in [0.25, 0.3) is 33.4 Å². The van der Waals surface area contributed by atoms with Crippen molar-refractivity contribution in [2.45, 2.75) is 5.41 Å². The second kappa shape index (κ2) is 8.21. The lowest BCUT2D eigenvalue weighted by Gasteiger charge is -2.39. The third-order valence-corrected chi connectivity index (χ3v) is 8.31. The van der Waals surface area contributed by atoms with E-state index in [0.717, 1.165) is 22.7 Å². The van der Waals surface area contributed by atoms with E-state index in [0.29, 0.717) is 0 Å². The maximum Gasteiger partial charge on any atom is 0.132 e. The average molecular weight is 500 g/mol. The third kappa shape index (κ3) is 3.09. The van der Waals surface area contributed by atoms with Crippen molar-refractivity contribution in [3.63, 3.8) is 0 Å². The van der Waals surface area contributed by atoms with E-state index in [9.17, 15) is 0 Å². The molecule has 1 aliphatic carbocycles. The molecule has 39 heavy (non-hydrogen) atoms. The van der Waals surface area contributed by atoms with Crippen molar-refractivity contribution in [3.8, 4) is 44.9 Å². The third-order valence-electron chi connectivity index (χ3n) is 8.31. The van der Waals surface area contributed by atoms with Gasteiger partial charge in [-0.25, -0.2) is 0 Å². The van der Waals surface area contributed by atoms with Crippen molar-refractivity contribution < 1.29 is 4.74 Å². The molecule has 0 amide bonds. The minimum Gasteiger partial charge on any atom is -0.457 e. The molecule has 1 aliphatic heterocycles. The molecule has 8 rings (SSSR count). The quantitative estimate of drug-likeness (QED) is 0.241. The maximum atomic E-state index is 6.56. The molecule has 2 N–H and O–H groups in total. The van der Waals surface area contributed by atoms with Gasteiger partial charge in [-0.1, -0.05) is 109 Å². The summed E-state index contributed by atoms with van der Waals surface area (Å²) < 4.78 is 6.56. The Kier molecular flexibility index (Phi) is 4.62. The van der Waals surface area contributed by atoms with E-state index < -0.39 is 5.41 Å². The van der Waals surface area contributed by atoms with Crippen LogP contribution in [0.1, 0.15) is 22.3 Å². The van der Waals surface area contributed by atoms with Gasteiger partial charge in [0.25, 0.3) is 0 Å². The van der Waals surface area contributed by atoms with Crippen LogP contribution in [0.4, 0.5) is 5.69 Å². The van der Waals surface area contributed by atoms with Crippen LogP contribution in [-0.2, 0) is 5.41 Å².